The van der Waals surface area contributed by atoms with Crippen LogP contribution in [0, 0.1) is 6.92 Å². The standard InChI is InChI=1S/C26H26N4O/c1-19-10-12-20(13-11-19)25-27-24-9-4-3-8-23(24)26(28-25)30-16-14-29(15-17-30)21-6-5-7-22(18-21)31-2/h3-13,18H,14-17H2,1-2H3. The van der Waals surface area contributed by atoms with Crippen molar-refractivity contribution in [2.45, 2.75) is 6.92 Å². The molecule has 5 nitrogen and oxygen atoms in total. The van der Waals surface area contributed by atoms with E-state index in [1.807, 2.05) is 18.2 Å². The molecule has 3 aromatic carbocycles. The summed E-state index contributed by atoms with van der Waals surface area (Å²) >= 11 is 0. The molecule has 0 bridgehead atoms. The first-order valence-corrected chi connectivity index (χ1v) is 10.7. The Bertz CT molecular complexity index is 1200. The largest absolute Gasteiger partial charge is 0.497 e. The number of methoxy groups -OCH3 is 1. The third kappa shape index (κ3) is 3.91. The molecule has 1 aromatic heterocycles. The summed E-state index contributed by atoms with van der Waals surface area (Å²) in [7, 11) is 1.71. The van der Waals surface area contributed by atoms with Crippen molar-refractivity contribution in [1.29, 1.82) is 0 Å². The Kier molecular flexibility index (Phi) is 5.16. The molecule has 1 saturated heterocycles. The van der Waals surface area contributed by atoms with E-state index in [2.05, 4.69) is 71.3 Å². The molecule has 5 rings (SSSR count). The average Bonchev–Trinajstić information content (AvgIpc) is 2.84. The summed E-state index contributed by atoms with van der Waals surface area (Å²) in [5, 5.41) is 1.10. The number of hydrogen-bond donors (Lipinski definition) is 0. The van der Waals surface area contributed by atoms with Crippen LogP contribution in [-0.4, -0.2) is 43.3 Å². The Morgan fingerprint density at radius 2 is 1.52 bits per heavy atom. The predicted octanol–water partition coefficient (Wildman–Crippen LogP) is 4.94. The number of nitrogens with zero attached hydrogens (tertiary/aromatic N) is 4. The molecule has 1 aliphatic heterocycles. The van der Waals surface area contributed by atoms with Crippen LogP contribution in [0.25, 0.3) is 22.3 Å². The quantitative estimate of drug-likeness (QED) is 0.477. The number of aromatic nitrogens is 2. The number of fused-ring (bicyclic) bond motifs is 1. The van der Waals surface area contributed by atoms with Crippen LogP contribution in [0.3, 0.4) is 0 Å². The highest BCUT2D eigenvalue weighted by Crippen LogP contribution is 2.29. The second-order valence-electron chi connectivity index (χ2n) is 7.93. The maximum Gasteiger partial charge on any atom is 0.162 e. The number of hydrogen-bond acceptors (Lipinski definition) is 5. The number of piperazine rings is 1. The van der Waals surface area contributed by atoms with Crippen LogP contribution >= 0.6 is 0 Å². The number of anilines is 2. The van der Waals surface area contributed by atoms with Crippen molar-refractivity contribution in [3.8, 4) is 17.1 Å². The molecule has 0 amide bonds. The van der Waals surface area contributed by atoms with Crippen LogP contribution in [0.4, 0.5) is 11.5 Å². The van der Waals surface area contributed by atoms with Gasteiger partial charge in [-0.25, -0.2) is 9.97 Å². The van der Waals surface area contributed by atoms with Gasteiger partial charge >= 0.3 is 0 Å². The Morgan fingerprint density at radius 1 is 0.774 bits per heavy atom. The molecule has 2 heterocycles. The summed E-state index contributed by atoms with van der Waals surface area (Å²) in [5.74, 6) is 2.69. The number of benzene rings is 3. The molecular weight excluding hydrogens is 384 g/mol. The van der Waals surface area contributed by atoms with Gasteiger partial charge in [0, 0.05) is 48.9 Å². The van der Waals surface area contributed by atoms with Crippen LogP contribution in [0.5, 0.6) is 5.75 Å². The highest BCUT2D eigenvalue weighted by Gasteiger charge is 2.21. The first kappa shape index (κ1) is 19.4. The SMILES string of the molecule is COc1cccc(N2CCN(c3nc(-c4ccc(C)cc4)nc4ccccc34)CC2)c1. The van der Waals surface area contributed by atoms with E-state index in [0.29, 0.717) is 0 Å². The van der Waals surface area contributed by atoms with E-state index >= 15 is 0 Å². The van der Waals surface area contributed by atoms with Crippen molar-refractivity contribution in [2.75, 3.05) is 43.1 Å². The smallest absolute Gasteiger partial charge is 0.162 e. The summed E-state index contributed by atoms with van der Waals surface area (Å²) in [6.07, 6.45) is 0. The van der Waals surface area contributed by atoms with Gasteiger partial charge in [0.05, 0.1) is 12.6 Å². The number of aryl methyl sites for hydroxylation is 1. The summed E-state index contributed by atoms with van der Waals surface area (Å²) < 4.78 is 5.39. The monoisotopic (exact) mass is 410 g/mol. The van der Waals surface area contributed by atoms with Gasteiger partial charge < -0.3 is 14.5 Å². The first-order valence-electron chi connectivity index (χ1n) is 10.7. The molecule has 0 unspecified atom stereocenters. The van der Waals surface area contributed by atoms with Gasteiger partial charge in [0.25, 0.3) is 0 Å². The minimum absolute atomic E-state index is 0.781. The Labute approximate surface area is 182 Å². The number of para-hydroxylation sites is 1. The van der Waals surface area contributed by atoms with E-state index in [1.54, 1.807) is 7.11 Å². The van der Waals surface area contributed by atoms with Gasteiger partial charge in [0.2, 0.25) is 0 Å². The molecule has 1 aliphatic rings. The molecule has 0 spiro atoms. The maximum atomic E-state index is 5.39. The second kappa shape index (κ2) is 8.26. The molecule has 31 heavy (non-hydrogen) atoms. The lowest BCUT2D eigenvalue weighted by Gasteiger charge is -2.37. The molecular formula is C26H26N4O. The van der Waals surface area contributed by atoms with Gasteiger partial charge in [-0.1, -0.05) is 48.0 Å². The van der Waals surface area contributed by atoms with Gasteiger partial charge in [-0.2, -0.15) is 0 Å². The molecule has 0 atom stereocenters. The maximum absolute atomic E-state index is 5.39. The van der Waals surface area contributed by atoms with Gasteiger partial charge in [0.1, 0.15) is 11.6 Å². The molecule has 156 valence electrons. The normalized spacial score (nSPS) is 14.1. The zero-order chi connectivity index (χ0) is 21.2. The number of ether oxygens (including phenoxy) is 1. The van der Waals surface area contributed by atoms with Crippen LogP contribution in [0.15, 0.2) is 72.8 Å². The highest BCUT2D eigenvalue weighted by molar-refractivity contribution is 5.91. The average molecular weight is 411 g/mol. The van der Waals surface area contributed by atoms with Crippen LogP contribution < -0.4 is 14.5 Å². The zero-order valence-corrected chi connectivity index (χ0v) is 18.0. The Balaban J connectivity index is 1.45. The fourth-order valence-electron chi connectivity index (χ4n) is 4.12. The van der Waals surface area contributed by atoms with Crippen molar-refractivity contribution >= 4 is 22.4 Å². The fourth-order valence-corrected chi connectivity index (χ4v) is 4.12. The van der Waals surface area contributed by atoms with Crippen molar-refractivity contribution in [3.05, 3.63) is 78.4 Å². The van der Waals surface area contributed by atoms with Gasteiger partial charge in [-0.3, -0.25) is 0 Å². The van der Waals surface area contributed by atoms with E-state index in [4.69, 9.17) is 14.7 Å². The Morgan fingerprint density at radius 3 is 2.29 bits per heavy atom. The van der Waals surface area contributed by atoms with E-state index < -0.39 is 0 Å². The third-order valence-electron chi connectivity index (χ3n) is 5.89. The summed E-state index contributed by atoms with van der Waals surface area (Å²) in [6, 6.07) is 25.0. The lowest BCUT2D eigenvalue weighted by molar-refractivity contribution is 0.414. The van der Waals surface area contributed by atoms with E-state index in [1.165, 1.54) is 11.3 Å². The van der Waals surface area contributed by atoms with Gasteiger partial charge in [0.15, 0.2) is 5.82 Å². The Hall–Kier alpha value is -3.60. The van der Waals surface area contributed by atoms with Crippen molar-refractivity contribution in [1.82, 2.24) is 9.97 Å². The fraction of sp³-hybridized carbons (Fsp3) is 0.231. The molecule has 1 fully saturated rings. The van der Waals surface area contributed by atoms with Crippen molar-refractivity contribution in [3.63, 3.8) is 0 Å². The van der Waals surface area contributed by atoms with E-state index in [9.17, 15) is 0 Å². The predicted molar refractivity (Wildman–Crippen MR) is 127 cm³/mol. The molecule has 5 heteroatoms. The topological polar surface area (TPSA) is 41.5 Å². The number of rotatable bonds is 4. The third-order valence-corrected chi connectivity index (χ3v) is 5.89. The van der Waals surface area contributed by atoms with Crippen molar-refractivity contribution in [2.24, 2.45) is 0 Å². The zero-order valence-electron chi connectivity index (χ0n) is 18.0. The molecule has 0 saturated carbocycles. The van der Waals surface area contributed by atoms with Crippen LogP contribution in [0.1, 0.15) is 5.56 Å². The van der Waals surface area contributed by atoms with Crippen molar-refractivity contribution < 1.29 is 4.74 Å². The van der Waals surface area contributed by atoms with Crippen LogP contribution in [-0.2, 0) is 0 Å². The molecule has 0 aliphatic carbocycles. The lowest BCUT2D eigenvalue weighted by Crippen LogP contribution is -2.47. The summed E-state index contributed by atoms with van der Waals surface area (Å²) in [5.41, 5.74) is 4.47. The minimum atomic E-state index is 0.781. The van der Waals surface area contributed by atoms with E-state index in [0.717, 1.165) is 60.0 Å². The first-order chi connectivity index (χ1) is 15.2. The lowest BCUT2D eigenvalue weighted by atomic mass is 10.1. The second-order valence-corrected chi connectivity index (χ2v) is 7.93. The van der Waals surface area contributed by atoms with E-state index in [-0.39, 0.29) is 0 Å². The summed E-state index contributed by atoms with van der Waals surface area (Å²) in [6.45, 7) is 5.78. The molecule has 0 N–H and O–H groups in total. The minimum Gasteiger partial charge on any atom is -0.497 e. The van der Waals surface area contributed by atoms with Gasteiger partial charge in [-0.05, 0) is 31.2 Å². The summed E-state index contributed by atoms with van der Waals surface area (Å²) in [4.78, 5) is 14.7. The van der Waals surface area contributed by atoms with Gasteiger partial charge in [-0.15, -0.1) is 0 Å². The highest BCUT2D eigenvalue weighted by atomic mass is 16.5. The molecule has 0 radical (unpaired) electrons. The van der Waals surface area contributed by atoms with Crippen LogP contribution in [0.2, 0.25) is 0 Å². The molecule has 4 aromatic rings.